The summed E-state index contributed by atoms with van der Waals surface area (Å²) < 4.78 is 0. The van der Waals surface area contributed by atoms with Crippen molar-refractivity contribution in [1.29, 1.82) is 0 Å². The van der Waals surface area contributed by atoms with Crippen molar-refractivity contribution in [3.63, 3.8) is 0 Å². The molecule has 0 aromatic heterocycles. The van der Waals surface area contributed by atoms with E-state index in [-0.39, 0.29) is 24.3 Å². The van der Waals surface area contributed by atoms with Crippen LogP contribution in [0, 0.1) is 0 Å². The van der Waals surface area contributed by atoms with Gasteiger partial charge in [-0.3, -0.25) is 34.3 Å². The van der Waals surface area contributed by atoms with E-state index in [1.807, 2.05) is 6.07 Å². The summed E-state index contributed by atoms with van der Waals surface area (Å²) in [6, 6.07) is 4.37. The molecule has 3 N–H and O–H groups in total. The van der Waals surface area contributed by atoms with Crippen LogP contribution in [-0.4, -0.2) is 58.1 Å². The summed E-state index contributed by atoms with van der Waals surface area (Å²) in [5.41, 5.74) is 8.00. The molecule has 1 unspecified atom stereocenters. The van der Waals surface area contributed by atoms with Gasteiger partial charge in [0.25, 0.3) is 11.8 Å². The third-order valence-electron chi connectivity index (χ3n) is 6.51. The first-order valence-corrected chi connectivity index (χ1v) is 10.7. The van der Waals surface area contributed by atoms with Crippen molar-refractivity contribution in [2.75, 3.05) is 13.1 Å². The molecule has 4 amide bonds. The number of carbonyl (C=O) groups is 4. The highest BCUT2D eigenvalue weighted by Gasteiger charge is 2.44. The molecule has 8 nitrogen and oxygen atoms in total. The molecule has 1 atom stereocenters. The number of benzene rings is 1. The molecular weight excluding hydrogens is 384 g/mol. The summed E-state index contributed by atoms with van der Waals surface area (Å²) in [5, 5.41) is 2.21. The quantitative estimate of drug-likeness (QED) is 0.703. The molecule has 0 aliphatic carbocycles. The van der Waals surface area contributed by atoms with E-state index in [2.05, 4.69) is 17.1 Å². The second-order valence-corrected chi connectivity index (χ2v) is 8.72. The van der Waals surface area contributed by atoms with E-state index in [1.54, 1.807) is 12.1 Å². The first-order valence-electron chi connectivity index (χ1n) is 10.7. The number of rotatable bonds is 5. The highest BCUT2D eigenvalue weighted by atomic mass is 16.2. The average Bonchev–Trinajstić information content (AvgIpc) is 2.95. The molecule has 0 saturated carbocycles. The Hall–Kier alpha value is -2.58. The fourth-order valence-corrected chi connectivity index (χ4v) is 4.78. The second-order valence-electron chi connectivity index (χ2n) is 8.72. The van der Waals surface area contributed by atoms with Gasteiger partial charge in [-0.1, -0.05) is 19.4 Å². The predicted molar refractivity (Wildman–Crippen MR) is 109 cm³/mol. The van der Waals surface area contributed by atoms with Gasteiger partial charge in [-0.2, -0.15) is 0 Å². The van der Waals surface area contributed by atoms with E-state index in [4.69, 9.17) is 5.73 Å². The van der Waals surface area contributed by atoms with Gasteiger partial charge < -0.3 is 5.73 Å². The number of hydrogen-bond acceptors (Lipinski definition) is 6. The van der Waals surface area contributed by atoms with Crippen LogP contribution in [0.1, 0.15) is 71.7 Å². The number of carbonyl (C=O) groups excluding carboxylic acids is 4. The van der Waals surface area contributed by atoms with Gasteiger partial charge in [-0.05, 0) is 43.4 Å². The Balaban J connectivity index is 1.46. The fraction of sp³-hybridized carbons (Fsp3) is 0.545. The Bertz CT molecular complexity index is 904. The smallest absolute Gasteiger partial charge is 0.262 e. The van der Waals surface area contributed by atoms with Gasteiger partial charge in [-0.15, -0.1) is 0 Å². The van der Waals surface area contributed by atoms with Gasteiger partial charge in [0.05, 0.1) is 11.1 Å². The van der Waals surface area contributed by atoms with Gasteiger partial charge in [0.1, 0.15) is 6.04 Å². The molecule has 1 aromatic carbocycles. The van der Waals surface area contributed by atoms with Crippen molar-refractivity contribution in [2.24, 2.45) is 5.73 Å². The molecule has 8 heteroatoms. The van der Waals surface area contributed by atoms with Crippen LogP contribution >= 0.6 is 0 Å². The zero-order chi connectivity index (χ0) is 21.5. The third-order valence-corrected chi connectivity index (χ3v) is 6.51. The minimum atomic E-state index is -0.933. The normalized spacial score (nSPS) is 24.2. The van der Waals surface area contributed by atoms with Gasteiger partial charge in [0.15, 0.2) is 0 Å². The SMILES string of the molecule is CCCC1(N)CCN(Cc2ccc3c(c2)C(=O)N(C2CCC(=O)NC2=O)C3=O)CC1. The summed E-state index contributed by atoms with van der Waals surface area (Å²) in [6.45, 7) is 4.66. The first kappa shape index (κ1) is 20.7. The summed E-state index contributed by atoms with van der Waals surface area (Å²) in [7, 11) is 0. The van der Waals surface area contributed by atoms with Crippen molar-refractivity contribution in [3.05, 3.63) is 34.9 Å². The van der Waals surface area contributed by atoms with Crippen LogP contribution in [0.3, 0.4) is 0 Å². The van der Waals surface area contributed by atoms with Gasteiger partial charge in [0, 0.05) is 31.6 Å². The van der Waals surface area contributed by atoms with E-state index < -0.39 is 23.8 Å². The molecule has 160 valence electrons. The Morgan fingerprint density at radius 3 is 2.47 bits per heavy atom. The van der Waals surface area contributed by atoms with Crippen molar-refractivity contribution in [3.8, 4) is 0 Å². The van der Waals surface area contributed by atoms with Gasteiger partial charge >= 0.3 is 0 Å². The summed E-state index contributed by atoms with van der Waals surface area (Å²) in [5.74, 6) is -1.90. The Morgan fingerprint density at radius 1 is 1.10 bits per heavy atom. The number of likely N-dealkylation sites (tertiary alicyclic amines) is 1. The highest BCUT2D eigenvalue weighted by Crippen LogP contribution is 2.30. The Labute approximate surface area is 175 Å². The maximum Gasteiger partial charge on any atom is 0.262 e. The molecule has 3 heterocycles. The van der Waals surface area contributed by atoms with Crippen molar-refractivity contribution in [2.45, 2.75) is 63.6 Å². The molecule has 3 aliphatic rings. The lowest BCUT2D eigenvalue weighted by molar-refractivity contribution is -0.136. The number of fused-ring (bicyclic) bond motifs is 1. The van der Waals surface area contributed by atoms with Crippen LogP contribution < -0.4 is 11.1 Å². The molecule has 30 heavy (non-hydrogen) atoms. The number of nitrogens with one attached hydrogen (secondary N) is 1. The van der Waals surface area contributed by atoms with Crippen LogP contribution in [0.5, 0.6) is 0 Å². The van der Waals surface area contributed by atoms with E-state index in [9.17, 15) is 19.2 Å². The summed E-state index contributed by atoms with van der Waals surface area (Å²) in [6.07, 6.45) is 4.30. The Kier molecular flexibility index (Phi) is 5.46. The number of amides is 4. The minimum Gasteiger partial charge on any atom is -0.325 e. The fourth-order valence-electron chi connectivity index (χ4n) is 4.78. The van der Waals surface area contributed by atoms with Crippen molar-refractivity contribution >= 4 is 23.6 Å². The van der Waals surface area contributed by atoms with Crippen LogP contribution in [-0.2, 0) is 16.1 Å². The van der Waals surface area contributed by atoms with Gasteiger partial charge in [-0.25, -0.2) is 0 Å². The number of piperidine rings is 2. The molecule has 0 spiro atoms. The standard InChI is InChI=1S/C22H28N4O4/c1-2-7-22(23)8-10-25(11-9-22)13-14-3-4-15-16(12-14)21(30)26(20(15)29)17-5-6-18(27)24-19(17)28/h3-4,12,17H,2,5-11,13,23H2,1H3,(H,24,27,28). The second kappa shape index (κ2) is 7.92. The van der Waals surface area contributed by atoms with Gasteiger partial charge in [0.2, 0.25) is 11.8 Å². The maximum atomic E-state index is 12.9. The number of hydrogen-bond donors (Lipinski definition) is 2. The predicted octanol–water partition coefficient (Wildman–Crippen LogP) is 1.18. The van der Waals surface area contributed by atoms with Crippen molar-refractivity contribution in [1.82, 2.24) is 15.1 Å². The zero-order valence-corrected chi connectivity index (χ0v) is 17.3. The monoisotopic (exact) mass is 412 g/mol. The maximum absolute atomic E-state index is 12.9. The highest BCUT2D eigenvalue weighted by molar-refractivity contribution is 6.23. The van der Waals surface area contributed by atoms with Crippen molar-refractivity contribution < 1.29 is 19.2 Å². The third kappa shape index (κ3) is 3.77. The molecule has 0 radical (unpaired) electrons. The summed E-state index contributed by atoms with van der Waals surface area (Å²) in [4.78, 5) is 52.6. The lowest BCUT2D eigenvalue weighted by atomic mass is 9.84. The average molecular weight is 412 g/mol. The van der Waals surface area contributed by atoms with Crippen LogP contribution in [0.4, 0.5) is 0 Å². The van der Waals surface area contributed by atoms with Crippen LogP contribution in [0.2, 0.25) is 0 Å². The van der Waals surface area contributed by atoms with E-state index in [0.717, 1.165) is 49.2 Å². The van der Waals surface area contributed by atoms with E-state index in [0.29, 0.717) is 17.7 Å². The number of nitrogens with zero attached hydrogens (tertiary/aromatic N) is 2. The molecule has 2 fully saturated rings. The lowest BCUT2D eigenvalue weighted by Crippen LogP contribution is -2.54. The minimum absolute atomic E-state index is 0.0754. The molecule has 0 bridgehead atoms. The van der Waals surface area contributed by atoms with Crippen LogP contribution in [0.25, 0.3) is 0 Å². The Morgan fingerprint density at radius 2 is 1.80 bits per heavy atom. The van der Waals surface area contributed by atoms with E-state index >= 15 is 0 Å². The van der Waals surface area contributed by atoms with E-state index in [1.165, 1.54) is 0 Å². The number of imide groups is 2. The molecular formula is C22H28N4O4. The lowest BCUT2D eigenvalue weighted by Gasteiger charge is -2.39. The first-order chi connectivity index (χ1) is 14.3. The zero-order valence-electron chi connectivity index (χ0n) is 17.3. The number of nitrogens with two attached hydrogens (primary N) is 1. The van der Waals surface area contributed by atoms with Crippen LogP contribution in [0.15, 0.2) is 18.2 Å². The largest absolute Gasteiger partial charge is 0.325 e. The molecule has 2 saturated heterocycles. The molecule has 3 aliphatic heterocycles. The molecule has 4 rings (SSSR count). The molecule has 1 aromatic rings. The summed E-state index contributed by atoms with van der Waals surface area (Å²) >= 11 is 0. The topological polar surface area (TPSA) is 113 Å².